The van der Waals surface area contributed by atoms with Gasteiger partial charge in [0.15, 0.2) is 5.82 Å². The highest BCUT2D eigenvalue weighted by Crippen LogP contribution is 2.22. The molecular formula is C20H21F2N7. The highest BCUT2D eigenvalue weighted by Gasteiger charge is 2.19. The van der Waals surface area contributed by atoms with Crippen LogP contribution >= 0.6 is 0 Å². The Morgan fingerprint density at radius 2 is 2.14 bits per heavy atom. The van der Waals surface area contributed by atoms with Crippen LogP contribution in [-0.2, 0) is 13.1 Å². The molecule has 0 amide bonds. The van der Waals surface area contributed by atoms with Crippen LogP contribution in [-0.4, -0.2) is 31.8 Å². The van der Waals surface area contributed by atoms with Gasteiger partial charge in [0.2, 0.25) is 5.62 Å². The number of hydrogen-bond donors (Lipinski definition) is 2. The fourth-order valence-electron chi connectivity index (χ4n) is 3.51. The Morgan fingerprint density at radius 1 is 1.31 bits per heavy atom. The molecule has 0 aliphatic carbocycles. The maximum atomic E-state index is 14.0. The molecule has 1 aliphatic heterocycles. The van der Waals surface area contributed by atoms with E-state index in [1.54, 1.807) is 6.20 Å². The van der Waals surface area contributed by atoms with Crippen LogP contribution in [0, 0.1) is 17.0 Å². The SMILES string of the molecule is CCC(CCN1Cc2cccnc2C1)=Nn1c(N)c2cc(F)cc(F)c2nc1=N. The van der Waals surface area contributed by atoms with Crippen molar-refractivity contribution in [3.63, 3.8) is 0 Å². The van der Waals surface area contributed by atoms with Gasteiger partial charge < -0.3 is 5.73 Å². The maximum absolute atomic E-state index is 14.0. The van der Waals surface area contributed by atoms with Crippen LogP contribution in [0.25, 0.3) is 10.9 Å². The van der Waals surface area contributed by atoms with Crippen LogP contribution < -0.4 is 11.4 Å². The second-order valence-corrected chi connectivity index (χ2v) is 7.01. The summed E-state index contributed by atoms with van der Waals surface area (Å²) in [6.07, 6.45) is 3.13. The molecule has 2 aromatic heterocycles. The van der Waals surface area contributed by atoms with Gasteiger partial charge in [0, 0.05) is 49.4 Å². The van der Waals surface area contributed by atoms with E-state index >= 15 is 0 Å². The van der Waals surface area contributed by atoms with Crippen LogP contribution in [0.1, 0.15) is 31.0 Å². The lowest BCUT2D eigenvalue weighted by Gasteiger charge is -2.15. The zero-order valence-electron chi connectivity index (χ0n) is 16.0. The zero-order chi connectivity index (χ0) is 20.5. The number of nitrogens with zero attached hydrogens (tertiary/aromatic N) is 5. The largest absolute Gasteiger partial charge is 0.383 e. The first-order chi connectivity index (χ1) is 14.0. The molecule has 9 heteroatoms. The molecule has 3 aromatic rings. The number of nitrogens with one attached hydrogen (secondary N) is 1. The molecule has 0 spiro atoms. The zero-order valence-corrected chi connectivity index (χ0v) is 16.0. The quantitative estimate of drug-likeness (QED) is 0.647. The van der Waals surface area contributed by atoms with E-state index in [9.17, 15) is 8.78 Å². The molecule has 0 atom stereocenters. The van der Waals surface area contributed by atoms with Crippen molar-refractivity contribution < 1.29 is 8.78 Å². The standard InChI is InChI=1S/C20H21F2N7/c1-2-14(5-7-28-10-12-4-3-6-25-17(12)11-28)27-29-19(23)15-8-13(21)9-16(22)18(15)26-20(29)24/h3-4,6,8-9,24H,2,5,7,10-11,23H2,1H3. The molecule has 1 aliphatic rings. The van der Waals surface area contributed by atoms with Gasteiger partial charge in [-0.2, -0.15) is 9.78 Å². The van der Waals surface area contributed by atoms with E-state index in [0.717, 1.165) is 47.8 Å². The van der Waals surface area contributed by atoms with Crippen LogP contribution in [0.15, 0.2) is 35.6 Å². The molecular weight excluding hydrogens is 376 g/mol. The number of anilines is 1. The second kappa shape index (κ2) is 7.67. The Hall–Kier alpha value is -3.20. The van der Waals surface area contributed by atoms with E-state index in [1.807, 2.05) is 13.0 Å². The summed E-state index contributed by atoms with van der Waals surface area (Å²) in [7, 11) is 0. The van der Waals surface area contributed by atoms with Gasteiger partial charge >= 0.3 is 0 Å². The summed E-state index contributed by atoms with van der Waals surface area (Å²) in [6, 6.07) is 5.85. The molecule has 0 radical (unpaired) electrons. The molecule has 1 aromatic carbocycles. The molecule has 7 nitrogen and oxygen atoms in total. The van der Waals surface area contributed by atoms with Gasteiger partial charge in [-0.25, -0.2) is 13.8 Å². The van der Waals surface area contributed by atoms with E-state index in [1.165, 1.54) is 5.56 Å². The van der Waals surface area contributed by atoms with Crippen molar-refractivity contribution >= 4 is 22.4 Å². The highest BCUT2D eigenvalue weighted by atomic mass is 19.1. The summed E-state index contributed by atoms with van der Waals surface area (Å²) >= 11 is 0. The molecule has 0 fully saturated rings. The topological polar surface area (TPSA) is 96.2 Å². The summed E-state index contributed by atoms with van der Waals surface area (Å²) in [5.74, 6) is -1.62. The lowest BCUT2D eigenvalue weighted by molar-refractivity contribution is 0.291. The van der Waals surface area contributed by atoms with Crippen molar-refractivity contribution in [3.8, 4) is 0 Å². The van der Waals surface area contributed by atoms with Gasteiger partial charge in [-0.3, -0.25) is 15.3 Å². The number of pyridine rings is 1. The number of rotatable bonds is 5. The molecule has 0 bridgehead atoms. The lowest BCUT2D eigenvalue weighted by Crippen LogP contribution is -2.26. The molecule has 4 rings (SSSR count). The van der Waals surface area contributed by atoms with E-state index in [0.29, 0.717) is 12.8 Å². The van der Waals surface area contributed by atoms with Gasteiger partial charge in [0.05, 0.1) is 5.69 Å². The summed E-state index contributed by atoms with van der Waals surface area (Å²) < 4.78 is 28.7. The van der Waals surface area contributed by atoms with E-state index in [-0.39, 0.29) is 22.3 Å². The number of benzene rings is 1. The predicted octanol–water partition coefficient (Wildman–Crippen LogP) is 2.79. The highest BCUT2D eigenvalue weighted by molar-refractivity contribution is 5.89. The molecule has 0 unspecified atom stereocenters. The Bertz CT molecular complexity index is 1140. The van der Waals surface area contributed by atoms with Gasteiger partial charge in [-0.1, -0.05) is 13.0 Å². The first-order valence-electron chi connectivity index (χ1n) is 9.40. The monoisotopic (exact) mass is 397 g/mol. The van der Waals surface area contributed by atoms with Crippen LogP contribution in [0.3, 0.4) is 0 Å². The summed E-state index contributed by atoms with van der Waals surface area (Å²) in [6.45, 7) is 4.38. The van der Waals surface area contributed by atoms with E-state index < -0.39 is 11.6 Å². The Balaban J connectivity index is 1.59. The van der Waals surface area contributed by atoms with Crippen LogP contribution in [0.5, 0.6) is 0 Å². The third kappa shape index (κ3) is 3.73. The Labute approximate surface area is 166 Å². The van der Waals surface area contributed by atoms with Crippen molar-refractivity contribution in [3.05, 3.63) is 59.0 Å². The van der Waals surface area contributed by atoms with E-state index in [4.69, 9.17) is 11.1 Å². The minimum absolute atomic E-state index is 0.0119. The van der Waals surface area contributed by atoms with Crippen LogP contribution in [0.2, 0.25) is 0 Å². The summed E-state index contributed by atoms with van der Waals surface area (Å²) in [5, 5.41) is 12.6. The molecule has 3 N–H and O–H groups in total. The third-order valence-electron chi connectivity index (χ3n) is 5.07. The minimum atomic E-state index is -0.853. The van der Waals surface area contributed by atoms with Crippen molar-refractivity contribution in [1.29, 1.82) is 5.41 Å². The fourth-order valence-corrected chi connectivity index (χ4v) is 3.51. The van der Waals surface area contributed by atoms with Gasteiger partial charge in [-0.05, 0) is 24.1 Å². The first-order valence-corrected chi connectivity index (χ1v) is 9.40. The average Bonchev–Trinajstić information content (AvgIpc) is 3.11. The number of nitrogen functional groups attached to an aromatic ring is 1. The predicted molar refractivity (Wildman–Crippen MR) is 106 cm³/mol. The molecule has 150 valence electrons. The molecule has 0 saturated heterocycles. The second-order valence-electron chi connectivity index (χ2n) is 7.01. The van der Waals surface area contributed by atoms with Gasteiger partial charge in [0.1, 0.15) is 17.2 Å². The smallest absolute Gasteiger partial charge is 0.245 e. The Kier molecular flexibility index (Phi) is 5.06. The number of hydrogen-bond acceptors (Lipinski definition) is 6. The maximum Gasteiger partial charge on any atom is 0.245 e. The first kappa shape index (κ1) is 19.1. The van der Waals surface area contributed by atoms with Gasteiger partial charge in [-0.15, -0.1) is 0 Å². The van der Waals surface area contributed by atoms with E-state index in [2.05, 4.69) is 26.0 Å². The number of fused-ring (bicyclic) bond motifs is 2. The lowest BCUT2D eigenvalue weighted by atomic mass is 10.2. The minimum Gasteiger partial charge on any atom is -0.383 e. The fraction of sp³-hybridized carbons (Fsp3) is 0.300. The Morgan fingerprint density at radius 3 is 2.90 bits per heavy atom. The number of halogens is 2. The molecule has 3 heterocycles. The molecule has 29 heavy (non-hydrogen) atoms. The third-order valence-corrected chi connectivity index (χ3v) is 5.07. The normalized spacial score (nSPS) is 14.5. The van der Waals surface area contributed by atoms with Gasteiger partial charge in [0.25, 0.3) is 0 Å². The number of nitrogens with two attached hydrogens (primary N) is 1. The summed E-state index contributed by atoms with van der Waals surface area (Å²) in [5.41, 5.74) is 8.79. The van der Waals surface area contributed by atoms with Crippen molar-refractivity contribution in [2.45, 2.75) is 32.9 Å². The molecule has 0 saturated carbocycles. The van der Waals surface area contributed by atoms with Crippen LogP contribution in [0.4, 0.5) is 14.6 Å². The van der Waals surface area contributed by atoms with Crippen molar-refractivity contribution in [2.75, 3.05) is 12.3 Å². The average molecular weight is 397 g/mol. The van der Waals surface area contributed by atoms with Crippen molar-refractivity contribution in [1.82, 2.24) is 19.5 Å². The van der Waals surface area contributed by atoms with Crippen molar-refractivity contribution in [2.24, 2.45) is 5.10 Å². The number of aromatic nitrogens is 3. The summed E-state index contributed by atoms with van der Waals surface area (Å²) in [4.78, 5) is 10.6.